The van der Waals surface area contributed by atoms with Crippen molar-refractivity contribution in [3.63, 3.8) is 0 Å². The number of primary amides is 1. The van der Waals surface area contributed by atoms with Gasteiger partial charge < -0.3 is 20.7 Å². The maximum atomic E-state index is 14.4. The summed E-state index contributed by atoms with van der Waals surface area (Å²) in [6, 6.07) is 4.63. The smallest absolute Gasteiger partial charge is 0.381 e. The molecule has 2 aliphatic heterocycles. The van der Waals surface area contributed by atoms with Crippen LogP contribution in [0.5, 0.6) is 0 Å². The third-order valence-electron chi connectivity index (χ3n) is 10.3. The first kappa shape index (κ1) is 34.5. The molecule has 1 saturated carbocycles. The maximum Gasteiger partial charge on any atom is 0.433 e. The molecule has 268 valence electrons. The number of ether oxygens (including phenoxy) is 1. The van der Waals surface area contributed by atoms with E-state index in [9.17, 15) is 27.6 Å². The zero-order chi connectivity index (χ0) is 36.1. The Kier molecular flexibility index (Phi) is 9.02. The Morgan fingerprint density at radius 2 is 1.76 bits per heavy atom. The minimum atomic E-state index is -4.70. The summed E-state index contributed by atoms with van der Waals surface area (Å²) in [5.41, 5.74) is 7.63. The highest BCUT2D eigenvalue weighted by Gasteiger charge is 2.67. The van der Waals surface area contributed by atoms with E-state index in [1.54, 1.807) is 26.2 Å². The van der Waals surface area contributed by atoms with Crippen LogP contribution in [0.1, 0.15) is 78.1 Å². The van der Waals surface area contributed by atoms with Crippen molar-refractivity contribution in [1.29, 1.82) is 0 Å². The monoisotopic (exact) mass is 704 g/mol. The van der Waals surface area contributed by atoms with Crippen LogP contribution < -0.4 is 11.1 Å². The summed E-state index contributed by atoms with van der Waals surface area (Å²) in [5.74, 6) is -1.40. The number of hydrogen-bond donors (Lipinski definition) is 2. The highest BCUT2D eigenvalue weighted by atomic mass is 19.4. The number of amides is 3. The van der Waals surface area contributed by atoms with Gasteiger partial charge in [-0.2, -0.15) is 18.3 Å². The van der Waals surface area contributed by atoms with Crippen LogP contribution in [-0.2, 0) is 33.5 Å². The molecule has 0 radical (unpaired) electrons. The van der Waals surface area contributed by atoms with E-state index >= 15 is 0 Å². The summed E-state index contributed by atoms with van der Waals surface area (Å²) in [7, 11) is 0. The fourth-order valence-electron chi connectivity index (χ4n) is 7.57. The Balaban J connectivity index is 1.27. The number of aromatic nitrogens is 5. The van der Waals surface area contributed by atoms with E-state index in [0.717, 1.165) is 54.9 Å². The third-order valence-corrected chi connectivity index (χ3v) is 10.3. The van der Waals surface area contributed by atoms with Gasteiger partial charge in [-0.25, -0.2) is 15.0 Å². The number of anilines is 1. The first-order chi connectivity index (χ1) is 24.3. The number of carbonyl (C=O) groups is 3. The topological polar surface area (TPSA) is 158 Å². The van der Waals surface area contributed by atoms with Gasteiger partial charge in [-0.1, -0.05) is 25.3 Å². The number of aryl methyl sites for hydroxylation is 3. The number of nitrogens with one attached hydrogen (secondary N) is 1. The first-order valence-corrected chi connectivity index (χ1v) is 17.2. The molecule has 2 fully saturated rings. The number of rotatable bonds is 4. The number of nitrogens with two attached hydrogens (primary N) is 1. The van der Waals surface area contributed by atoms with Crippen LogP contribution >= 0.6 is 0 Å². The van der Waals surface area contributed by atoms with E-state index in [1.807, 2.05) is 12.1 Å². The Morgan fingerprint density at radius 3 is 2.51 bits per heavy atom. The van der Waals surface area contributed by atoms with Gasteiger partial charge >= 0.3 is 6.18 Å². The second-order valence-corrected chi connectivity index (χ2v) is 13.9. The van der Waals surface area contributed by atoms with Crippen LogP contribution in [0.15, 0.2) is 36.7 Å². The van der Waals surface area contributed by atoms with Crippen LogP contribution in [0.2, 0.25) is 0 Å². The molecule has 3 atom stereocenters. The SMILES string of the molecule is Cc1ncc(-c2cc3c4c(c2)c(C(N)=O)nn4CC(=O)N2[C@H](C(=O)Nc4nc(C(F)(F)F)ccc4C)C[C@@]4(COCCCCCCC3)C[C@@H]24)cn1. The van der Waals surface area contributed by atoms with Crippen molar-refractivity contribution in [1.82, 2.24) is 29.6 Å². The van der Waals surface area contributed by atoms with Crippen LogP contribution in [0.25, 0.3) is 22.0 Å². The lowest BCUT2D eigenvalue weighted by molar-refractivity contribution is -0.141. The Hall–Kier alpha value is -4.92. The van der Waals surface area contributed by atoms with Gasteiger partial charge in [-0.3, -0.25) is 19.1 Å². The molecule has 12 nitrogen and oxygen atoms in total. The lowest BCUT2D eigenvalue weighted by Gasteiger charge is -2.27. The number of benzene rings is 1. The summed E-state index contributed by atoms with van der Waals surface area (Å²) in [6.45, 7) is 3.97. The number of carbonyl (C=O) groups excluding carboxylic acids is 3. The van der Waals surface area contributed by atoms with E-state index in [4.69, 9.17) is 10.5 Å². The lowest BCUT2D eigenvalue weighted by atomic mass is 9.97. The zero-order valence-electron chi connectivity index (χ0n) is 28.4. The molecule has 3 aromatic heterocycles. The molecular weight excluding hydrogens is 665 g/mol. The molecule has 15 heteroatoms. The van der Waals surface area contributed by atoms with Gasteiger partial charge in [0.05, 0.1) is 12.1 Å². The molecule has 3 amide bonds. The lowest BCUT2D eigenvalue weighted by Crippen LogP contribution is -2.47. The van der Waals surface area contributed by atoms with Crippen molar-refractivity contribution in [3.05, 3.63) is 65.0 Å². The average Bonchev–Trinajstić information content (AvgIpc) is 3.48. The van der Waals surface area contributed by atoms with Crippen molar-refractivity contribution < 1.29 is 32.3 Å². The van der Waals surface area contributed by atoms with Crippen LogP contribution in [0, 0.1) is 19.3 Å². The highest BCUT2D eigenvalue weighted by molar-refractivity contribution is 6.06. The van der Waals surface area contributed by atoms with Crippen molar-refractivity contribution in [2.45, 2.75) is 90.0 Å². The van der Waals surface area contributed by atoms with Crippen LogP contribution in [0.3, 0.4) is 0 Å². The van der Waals surface area contributed by atoms with Gasteiger partial charge in [0.15, 0.2) is 5.69 Å². The normalized spacial score (nSPS) is 22.8. The molecule has 0 unspecified atom stereocenters. The maximum absolute atomic E-state index is 14.4. The predicted molar refractivity (Wildman–Crippen MR) is 180 cm³/mol. The molecular formula is C36H39F3N8O4. The minimum absolute atomic E-state index is 0.0133. The van der Waals surface area contributed by atoms with Gasteiger partial charge in [0, 0.05) is 41.4 Å². The van der Waals surface area contributed by atoms with Gasteiger partial charge in [0.1, 0.15) is 29.9 Å². The highest BCUT2D eigenvalue weighted by Crippen LogP contribution is 2.60. The van der Waals surface area contributed by atoms with Crippen molar-refractivity contribution in [3.8, 4) is 11.1 Å². The number of hydrogen-bond acceptors (Lipinski definition) is 8. The fraction of sp³-hybridized carbons (Fsp3) is 0.472. The van der Waals surface area contributed by atoms with Crippen molar-refractivity contribution in [2.24, 2.45) is 11.1 Å². The van der Waals surface area contributed by atoms with Crippen LogP contribution in [0.4, 0.5) is 19.0 Å². The fourth-order valence-corrected chi connectivity index (χ4v) is 7.57. The van der Waals surface area contributed by atoms with Crippen molar-refractivity contribution >= 4 is 34.4 Å². The van der Waals surface area contributed by atoms with Gasteiger partial charge in [0.2, 0.25) is 11.8 Å². The second-order valence-electron chi connectivity index (χ2n) is 13.9. The molecule has 0 spiro atoms. The largest absolute Gasteiger partial charge is 0.433 e. The predicted octanol–water partition coefficient (Wildman–Crippen LogP) is 5.14. The molecule has 5 heterocycles. The summed E-state index contributed by atoms with van der Waals surface area (Å²) in [4.78, 5) is 54.9. The molecule has 4 aromatic rings. The number of halogens is 3. The molecule has 1 aromatic carbocycles. The van der Waals surface area contributed by atoms with Gasteiger partial charge in [-0.05, 0) is 80.8 Å². The Bertz CT molecular complexity index is 2010. The number of nitrogens with zero attached hydrogens (tertiary/aromatic N) is 6. The average molecular weight is 705 g/mol. The quantitative estimate of drug-likeness (QED) is 0.296. The van der Waals surface area contributed by atoms with Gasteiger partial charge in [-0.15, -0.1) is 0 Å². The summed E-state index contributed by atoms with van der Waals surface area (Å²) in [5, 5.41) is 7.63. The molecule has 3 N–H and O–H groups in total. The molecule has 1 aliphatic carbocycles. The van der Waals surface area contributed by atoms with E-state index < -0.39 is 41.0 Å². The Morgan fingerprint density at radius 1 is 1.02 bits per heavy atom. The van der Waals surface area contributed by atoms with E-state index in [0.29, 0.717) is 48.3 Å². The molecule has 51 heavy (non-hydrogen) atoms. The Labute approximate surface area is 292 Å². The number of alkyl halides is 3. The van der Waals surface area contributed by atoms with E-state index in [2.05, 4.69) is 25.4 Å². The molecule has 7 rings (SSSR count). The summed E-state index contributed by atoms with van der Waals surface area (Å²) in [6.07, 6.45) is 4.99. The minimum Gasteiger partial charge on any atom is -0.381 e. The number of pyridine rings is 1. The van der Waals surface area contributed by atoms with E-state index in [1.165, 1.54) is 15.6 Å². The first-order valence-electron chi connectivity index (χ1n) is 17.2. The molecule has 2 bridgehead atoms. The standard InChI is InChI=1S/C36H39F3N8O4/c1-20-9-10-27(36(37,38)39)43-33(20)44-34(50)26-14-35-15-28(35)47(26)29(48)18-46-31-22(8-6-4-3-5-7-11-51-19-35)12-23(24-16-41-21(2)42-17-24)13-25(31)30(45-46)32(40)49/h9-10,12-13,16-17,26,28H,3-8,11,14-15,18-19H2,1-2H3,(H2,40,49)(H,43,44,50)/t26-,28+,35-/m0/s1. The van der Waals surface area contributed by atoms with Crippen molar-refractivity contribution in [2.75, 3.05) is 18.5 Å². The summed E-state index contributed by atoms with van der Waals surface area (Å²) < 4.78 is 48.0. The van der Waals surface area contributed by atoms with Gasteiger partial charge in [0.25, 0.3) is 5.91 Å². The van der Waals surface area contributed by atoms with E-state index in [-0.39, 0.29) is 30.5 Å². The zero-order valence-corrected chi connectivity index (χ0v) is 28.4. The summed E-state index contributed by atoms with van der Waals surface area (Å²) >= 11 is 0. The molecule has 3 aliphatic rings. The second kappa shape index (κ2) is 13.3. The third kappa shape index (κ3) is 6.78. The number of piperidine rings is 1. The van der Waals surface area contributed by atoms with Crippen LogP contribution in [-0.4, -0.2) is 72.7 Å². The molecule has 1 saturated heterocycles.